The van der Waals surface area contributed by atoms with Crippen molar-refractivity contribution in [2.45, 2.75) is 13.3 Å². The van der Waals surface area contributed by atoms with Gasteiger partial charge < -0.3 is 5.11 Å². The molecule has 0 aromatic rings. The second-order valence-electron chi connectivity index (χ2n) is 2.72. The van der Waals surface area contributed by atoms with E-state index in [1.165, 1.54) is 0 Å². The summed E-state index contributed by atoms with van der Waals surface area (Å²) in [6.07, 6.45) is 5.81. The van der Waals surface area contributed by atoms with Crippen molar-refractivity contribution in [2.75, 3.05) is 0 Å². The molecule has 0 saturated heterocycles. The van der Waals surface area contributed by atoms with E-state index in [1.807, 2.05) is 13.0 Å². The van der Waals surface area contributed by atoms with Crippen molar-refractivity contribution in [3.8, 4) is 0 Å². The Morgan fingerprint density at radius 2 is 2.25 bits per heavy atom. The third kappa shape index (κ3) is 2.34. The summed E-state index contributed by atoms with van der Waals surface area (Å²) in [6.45, 7) is 1.91. The fraction of sp³-hybridized carbons (Fsp3) is 0.222. The summed E-state index contributed by atoms with van der Waals surface area (Å²) in [4.78, 5) is 10.6. The van der Waals surface area contributed by atoms with Crippen LogP contribution in [0.3, 0.4) is 0 Å². The second kappa shape index (κ2) is 3.72. The molecule has 0 bridgehead atoms. The van der Waals surface area contributed by atoms with E-state index in [-0.39, 0.29) is 0 Å². The quantitative estimate of drug-likeness (QED) is 0.750. The Bertz CT molecular complexity index is 298. The van der Waals surface area contributed by atoms with E-state index in [2.05, 4.69) is 15.9 Å². The molecule has 0 atom stereocenters. The summed E-state index contributed by atoms with van der Waals surface area (Å²) in [7, 11) is 0. The Hall–Kier alpha value is -0.830. The van der Waals surface area contributed by atoms with Gasteiger partial charge in [-0.1, -0.05) is 27.6 Å². The summed E-state index contributed by atoms with van der Waals surface area (Å²) in [5.41, 5.74) is 1.47. The zero-order valence-corrected chi connectivity index (χ0v) is 8.26. The minimum atomic E-state index is -0.846. The van der Waals surface area contributed by atoms with E-state index in [1.54, 1.807) is 12.2 Å². The Morgan fingerprint density at radius 3 is 2.83 bits per heavy atom. The average Bonchev–Trinajstić information content (AvgIpc) is 2.11. The lowest BCUT2D eigenvalue weighted by Gasteiger charge is -1.98. The number of aliphatic carboxylic acids is 1. The molecule has 12 heavy (non-hydrogen) atoms. The predicted octanol–water partition coefficient (Wildman–Crippen LogP) is 2.63. The average molecular weight is 229 g/mol. The van der Waals surface area contributed by atoms with Gasteiger partial charge in [0.15, 0.2) is 0 Å². The molecule has 0 heterocycles. The van der Waals surface area contributed by atoms with Crippen molar-refractivity contribution in [1.82, 2.24) is 0 Å². The van der Waals surface area contributed by atoms with E-state index in [4.69, 9.17) is 5.11 Å². The fourth-order valence-electron chi connectivity index (χ4n) is 1.02. The first-order chi connectivity index (χ1) is 5.59. The summed E-state index contributed by atoms with van der Waals surface area (Å²) in [5.74, 6) is -0.846. The monoisotopic (exact) mass is 228 g/mol. The van der Waals surface area contributed by atoms with E-state index in [0.717, 1.165) is 10.1 Å². The van der Waals surface area contributed by atoms with Crippen LogP contribution in [-0.2, 0) is 4.79 Å². The second-order valence-corrected chi connectivity index (χ2v) is 3.63. The van der Waals surface area contributed by atoms with Crippen molar-refractivity contribution in [3.05, 3.63) is 33.9 Å². The molecule has 2 nitrogen and oxygen atoms in total. The summed E-state index contributed by atoms with van der Waals surface area (Å²) < 4.78 is 0.913. The number of halogens is 1. The molecule has 0 aliphatic heterocycles. The summed E-state index contributed by atoms with van der Waals surface area (Å²) in [5, 5.41) is 8.73. The minimum Gasteiger partial charge on any atom is -0.478 e. The van der Waals surface area contributed by atoms with Crippen molar-refractivity contribution in [3.63, 3.8) is 0 Å². The van der Waals surface area contributed by atoms with Gasteiger partial charge in [-0.25, -0.2) is 4.79 Å². The lowest BCUT2D eigenvalue weighted by molar-refractivity contribution is -0.132. The number of hydrogen-bond donors (Lipinski definition) is 1. The van der Waals surface area contributed by atoms with Gasteiger partial charge in [-0.15, -0.1) is 0 Å². The highest BCUT2D eigenvalue weighted by atomic mass is 79.9. The number of carboxylic acids is 1. The predicted molar refractivity (Wildman–Crippen MR) is 51.1 cm³/mol. The number of carbonyl (C=O) groups is 1. The maximum absolute atomic E-state index is 10.6. The van der Waals surface area contributed by atoms with E-state index in [0.29, 0.717) is 12.0 Å². The molecule has 3 heteroatoms. The molecule has 0 saturated carbocycles. The van der Waals surface area contributed by atoms with Crippen LogP contribution in [0.5, 0.6) is 0 Å². The topological polar surface area (TPSA) is 37.3 Å². The van der Waals surface area contributed by atoms with E-state index < -0.39 is 5.97 Å². The smallest absolute Gasteiger partial charge is 0.331 e. The lowest BCUT2D eigenvalue weighted by Crippen LogP contribution is -1.99. The number of hydrogen-bond acceptors (Lipinski definition) is 1. The SMILES string of the molecule is CC1=CC(Br)=CC=C(C(=O)O)C1. The summed E-state index contributed by atoms with van der Waals surface area (Å²) >= 11 is 3.30. The normalized spacial score (nSPS) is 17.3. The highest BCUT2D eigenvalue weighted by molar-refractivity contribution is 9.11. The molecule has 1 rings (SSSR count). The van der Waals surface area contributed by atoms with Gasteiger partial charge in [-0.2, -0.15) is 0 Å². The molecule has 0 aromatic carbocycles. The number of rotatable bonds is 1. The first-order valence-corrected chi connectivity index (χ1v) is 4.35. The highest BCUT2D eigenvalue weighted by Gasteiger charge is 2.08. The van der Waals surface area contributed by atoms with Gasteiger partial charge in [0.05, 0.1) is 0 Å². The van der Waals surface area contributed by atoms with Crippen LogP contribution in [0.25, 0.3) is 0 Å². The van der Waals surface area contributed by atoms with Crippen LogP contribution in [0.4, 0.5) is 0 Å². The van der Waals surface area contributed by atoms with Crippen LogP contribution < -0.4 is 0 Å². The molecule has 64 valence electrons. The van der Waals surface area contributed by atoms with Crippen LogP contribution in [0, 0.1) is 0 Å². The van der Waals surface area contributed by atoms with Crippen LogP contribution in [0.1, 0.15) is 13.3 Å². The molecular weight excluding hydrogens is 220 g/mol. The summed E-state index contributed by atoms with van der Waals surface area (Å²) in [6, 6.07) is 0. The van der Waals surface area contributed by atoms with Gasteiger partial charge in [-0.3, -0.25) is 0 Å². The molecule has 0 amide bonds. The minimum absolute atomic E-state index is 0.429. The molecular formula is C9H9BrO2. The molecule has 0 spiro atoms. The fourth-order valence-corrected chi connectivity index (χ4v) is 1.54. The van der Waals surface area contributed by atoms with Crippen LogP contribution in [-0.4, -0.2) is 11.1 Å². The number of allylic oxidation sites excluding steroid dienone is 5. The molecule has 0 unspecified atom stereocenters. The Morgan fingerprint density at radius 1 is 1.58 bits per heavy atom. The van der Waals surface area contributed by atoms with Crippen LogP contribution in [0.15, 0.2) is 33.9 Å². The zero-order chi connectivity index (χ0) is 9.14. The Labute approximate surface area is 79.4 Å². The third-order valence-corrected chi connectivity index (χ3v) is 2.07. The van der Waals surface area contributed by atoms with Crippen LogP contribution in [0.2, 0.25) is 0 Å². The zero-order valence-electron chi connectivity index (χ0n) is 6.67. The third-order valence-electron chi connectivity index (χ3n) is 1.57. The van der Waals surface area contributed by atoms with Gasteiger partial charge >= 0.3 is 5.97 Å². The Balaban J connectivity index is 2.96. The van der Waals surface area contributed by atoms with Gasteiger partial charge in [0, 0.05) is 16.5 Å². The first kappa shape index (κ1) is 9.26. The first-order valence-electron chi connectivity index (χ1n) is 3.56. The van der Waals surface area contributed by atoms with E-state index in [9.17, 15) is 4.79 Å². The molecule has 1 aliphatic rings. The van der Waals surface area contributed by atoms with Crippen molar-refractivity contribution in [1.29, 1.82) is 0 Å². The molecule has 1 aliphatic carbocycles. The molecule has 1 N–H and O–H groups in total. The van der Waals surface area contributed by atoms with E-state index >= 15 is 0 Å². The maximum Gasteiger partial charge on any atom is 0.331 e. The molecule has 0 radical (unpaired) electrons. The van der Waals surface area contributed by atoms with Crippen molar-refractivity contribution < 1.29 is 9.90 Å². The lowest BCUT2D eigenvalue weighted by atomic mass is 10.1. The standard InChI is InChI=1S/C9H9BrO2/c1-6-4-7(9(11)12)2-3-8(10)5-6/h2-3,5H,4H2,1H3,(H,11,12). The van der Waals surface area contributed by atoms with Crippen LogP contribution >= 0.6 is 15.9 Å². The largest absolute Gasteiger partial charge is 0.478 e. The van der Waals surface area contributed by atoms with Gasteiger partial charge in [-0.05, 0) is 19.1 Å². The van der Waals surface area contributed by atoms with Gasteiger partial charge in [0.1, 0.15) is 0 Å². The molecule has 0 fully saturated rings. The maximum atomic E-state index is 10.6. The van der Waals surface area contributed by atoms with Gasteiger partial charge in [0.25, 0.3) is 0 Å². The number of carboxylic acid groups (broad SMARTS) is 1. The Kier molecular flexibility index (Phi) is 2.87. The highest BCUT2D eigenvalue weighted by Crippen LogP contribution is 2.20. The van der Waals surface area contributed by atoms with Gasteiger partial charge in [0.2, 0.25) is 0 Å². The van der Waals surface area contributed by atoms with Crippen molar-refractivity contribution in [2.24, 2.45) is 0 Å². The van der Waals surface area contributed by atoms with Crippen molar-refractivity contribution >= 4 is 21.9 Å². The molecule has 0 aromatic heterocycles.